The molecule has 0 bridgehead atoms. The number of aromatic nitrogens is 1. The van der Waals surface area contributed by atoms with E-state index in [9.17, 15) is 24.1 Å². The van der Waals surface area contributed by atoms with Gasteiger partial charge in [0.25, 0.3) is 11.6 Å². The molecule has 0 aliphatic rings. The standard InChI is InChI=1S/C19H14FN3O5S/c1-2-28-18(25)13-7-12(8-15(9-13)23(26)27)17(24)22-19-21-16(10-29-19)11-3-5-14(20)6-4-11/h3-10H,2H2,1H3,(H,21,22,24). The topological polar surface area (TPSA) is 111 Å². The van der Waals surface area contributed by atoms with Gasteiger partial charge in [-0.1, -0.05) is 0 Å². The van der Waals surface area contributed by atoms with E-state index in [2.05, 4.69) is 10.3 Å². The number of nitro groups is 1. The Labute approximate surface area is 168 Å². The van der Waals surface area contributed by atoms with E-state index in [-0.39, 0.29) is 28.7 Å². The molecule has 1 N–H and O–H groups in total. The van der Waals surface area contributed by atoms with Crippen LogP contribution in [0.1, 0.15) is 27.6 Å². The molecular weight excluding hydrogens is 401 g/mol. The summed E-state index contributed by atoms with van der Waals surface area (Å²) >= 11 is 1.14. The third kappa shape index (κ3) is 4.79. The normalized spacial score (nSPS) is 10.4. The van der Waals surface area contributed by atoms with Crippen molar-refractivity contribution in [3.8, 4) is 11.3 Å². The minimum Gasteiger partial charge on any atom is -0.462 e. The molecule has 0 saturated carbocycles. The number of carbonyl (C=O) groups is 2. The highest BCUT2D eigenvalue weighted by molar-refractivity contribution is 7.14. The number of non-ortho nitro benzene ring substituents is 1. The van der Waals surface area contributed by atoms with Gasteiger partial charge >= 0.3 is 5.97 Å². The number of anilines is 1. The van der Waals surface area contributed by atoms with E-state index in [0.717, 1.165) is 23.5 Å². The third-order valence-corrected chi connectivity index (χ3v) is 4.52. The number of halogens is 1. The summed E-state index contributed by atoms with van der Waals surface area (Å²) in [6.45, 7) is 1.69. The van der Waals surface area contributed by atoms with E-state index in [1.54, 1.807) is 24.4 Å². The molecule has 29 heavy (non-hydrogen) atoms. The van der Waals surface area contributed by atoms with Crippen LogP contribution in [0.15, 0.2) is 47.8 Å². The lowest BCUT2D eigenvalue weighted by atomic mass is 10.1. The van der Waals surface area contributed by atoms with E-state index in [1.165, 1.54) is 18.2 Å². The highest BCUT2D eigenvalue weighted by Crippen LogP contribution is 2.26. The molecule has 148 valence electrons. The fraction of sp³-hybridized carbons (Fsp3) is 0.105. The lowest BCUT2D eigenvalue weighted by Gasteiger charge is -2.06. The Hall–Kier alpha value is -3.66. The first-order chi connectivity index (χ1) is 13.9. The molecule has 0 spiro atoms. The third-order valence-electron chi connectivity index (χ3n) is 3.77. The summed E-state index contributed by atoms with van der Waals surface area (Å²) in [4.78, 5) is 39.2. The summed E-state index contributed by atoms with van der Waals surface area (Å²) in [7, 11) is 0. The molecule has 0 aliphatic carbocycles. The number of esters is 1. The molecule has 0 fully saturated rings. The molecule has 3 rings (SSSR count). The summed E-state index contributed by atoms with van der Waals surface area (Å²) in [6, 6.07) is 9.04. The lowest BCUT2D eigenvalue weighted by Crippen LogP contribution is -2.14. The number of nitrogens with zero attached hydrogens (tertiary/aromatic N) is 2. The van der Waals surface area contributed by atoms with Crippen LogP contribution in [-0.4, -0.2) is 28.4 Å². The SMILES string of the molecule is CCOC(=O)c1cc(C(=O)Nc2nc(-c3ccc(F)cc3)cs2)cc([N+](=O)[O-])c1. The fourth-order valence-electron chi connectivity index (χ4n) is 2.43. The molecular formula is C19H14FN3O5S. The summed E-state index contributed by atoms with van der Waals surface area (Å²) in [5.41, 5.74) is 0.615. The second kappa shape index (κ2) is 8.57. The van der Waals surface area contributed by atoms with Gasteiger partial charge in [-0.05, 0) is 37.3 Å². The van der Waals surface area contributed by atoms with Crippen molar-refractivity contribution in [1.82, 2.24) is 4.98 Å². The fourth-order valence-corrected chi connectivity index (χ4v) is 3.15. The number of nitro benzene ring substituents is 1. The van der Waals surface area contributed by atoms with Gasteiger partial charge in [-0.2, -0.15) is 0 Å². The molecule has 2 aromatic carbocycles. The quantitative estimate of drug-likeness (QED) is 0.365. The number of carbonyl (C=O) groups excluding carboxylic acids is 2. The largest absolute Gasteiger partial charge is 0.462 e. The summed E-state index contributed by atoms with van der Waals surface area (Å²) < 4.78 is 17.9. The van der Waals surface area contributed by atoms with Crippen LogP contribution in [0.5, 0.6) is 0 Å². The van der Waals surface area contributed by atoms with Crippen LogP contribution in [0.4, 0.5) is 15.2 Å². The van der Waals surface area contributed by atoms with Crippen molar-refractivity contribution < 1.29 is 23.6 Å². The van der Waals surface area contributed by atoms with Crippen molar-refractivity contribution >= 4 is 34.0 Å². The van der Waals surface area contributed by atoms with Gasteiger partial charge in [-0.25, -0.2) is 14.2 Å². The average molecular weight is 415 g/mol. The number of thiazole rings is 1. The number of hydrogen-bond donors (Lipinski definition) is 1. The minimum atomic E-state index is -0.766. The molecule has 0 unspecified atom stereocenters. The van der Waals surface area contributed by atoms with Crippen LogP contribution < -0.4 is 5.32 Å². The van der Waals surface area contributed by atoms with Crippen molar-refractivity contribution in [1.29, 1.82) is 0 Å². The Morgan fingerprint density at radius 3 is 2.55 bits per heavy atom. The average Bonchev–Trinajstić information content (AvgIpc) is 3.16. The molecule has 8 nitrogen and oxygen atoms in total. The van der Waals surface area contributed by atoms with Crippen LogP contribution in [0.25, 0.3) is 11.3 Å². The molecule has 1 amide bonds. The van der Waals surface area contributed by atoms with Gasteiger partial charge in [-0.3, -0.25) is 20.2 Å². The van der Waals surface area contributed by atoms with Gasteiger partial charge in [-0.15, -0.1) is 11.3 Å². The van der Waals surface area contributed by atoms with Gasteiger partial charge in [0.2, 0.25) is 0 Å². The molecule has 1 heterocycles. The van der Waals surface area contributed by atoms with Crippen LogP contribution in [0.3, 0.4) is 0 Å². The van der Waals surface area contributed by atoms with E-state index < -0.39 is 22.5 Å². The number of amides is 1. The van der Waals surface area contributed by atoms with E-state index in [1.807, 2.05) is 0 Å². The second-order valence-corrected chi connectivity index (χ2v) is 6.60. The van der Waals surface area contributed by atoms with Crippen LogP contribution in [0, 0.1) is 15.9 Å². The number of hydrogen-bond acceptors (Lipinski definition) is 7. The number of ether oxygens (including phenoxy) is 1. The first-order valence-corrected chi connectivity index (χ1v) is 9.24. The highest BCUT2D eigenvalue weighted by atomic mass is 32.1. The van der Waals surface area contributed by atoms with E-state index in [4.69, 9.17) is 4.74 Å². The maximum absolute atomic E-state index is 13.0. The predicted molar refractivity (Wildman–Crippen MR) is 105 cm³/mol. The van der Waals surface area contributed by atoms with Crippen LogP contribution in [-0.2, 0) is 4.74 Å². The van der Waals surface area contributed by atoms with Crippen molar-refractivity contribution in [2.24, 2.45) is 0 Å². The molecule has 0 atom stereocenters. The van der Waals surface area contributed by atoms with Gasteiger partial charge in [0.05, 0.1) is 22.8 Å². The van der Waals surface area contributed by atoms with Crippen molar-refractivity contribution in [2.75, 3.05) is 11.9 Å². The molecule has 0 saturated heterocycles. The second-order valence-electron chi connectivity index (χ2n) is 5.75. The highest BCUT2D eigenvalue weighted by Gasteiger charge is 2.19. The summed E-state index contributed by atoms with van der Waals surface area (Å²) in [5, 5.41) is 15.6. The van der Waals surface area contributed by atoms with Crippen LogP contribution >= 0.6 is 11.3 Å². The molecule has 0 aliphatic heterocycles. The van der Waals surface area contributed by atoms with Crippen molar-refractivity contribution in [3.63, 3.8) is 0 Å². The van der Waals surface area contributed by atoms with E-state index in [0.29, 0.717) is 11.3 Å². The van der Waals surface area contributed by atoms with Crippen molar-refractivity contribution in [2.45, 2.75) is 6.92 Å². The first-order valence-electron chi connectivity index (χ1n) is 8.37. The van der Waals surface area contributed by atoms with E-state index >= 15 is 0 Å². The Morgan fingerprint density at radius 2 is 1.90 bits per heavy atom. The Morgan fingerprint density at radius 1 is 1.21 bits per heavy atom. The smallest absolute Gasteiger partial charge is 0.338 e. The maximum atomic E-state index is 13.0. The van der Waals surface area contributed by atoms with Gasteiger partial charge in [0.1, 0.15) is 5.82 Å². The summed E-state index contributed by atoms with van der Waals surface area (Å²) in [6.07, 6.45) is 0. The number of rotatable bonds is 6. The number of nitrogens with one attached hydrogen (secondary N) is 1. The number of benzene rings is 2. The monoisotopic (exact) mass is 415 g/mol. The molecule has 3 aromatic rings. The molecule has 10 heteroatoms. The Balaban J connectivity index is 1.84. The predicted octanol–water partition coefficient (Wildman–Crippen LogP) is 4.29. The first kappa shape index (κ1) is 20.1. The van der Waals surface area contributed by atoms with Gasteiger partial charge < -0.3 is 4.74 Å². The maximum Gasteiger partial charge on any atom is 0.338 e. The Bertz CT molecular complexity index is 1080. The Kier molecular flexibility index (Phi) is 5.93. The van der Waals surface area contributed by atoms with Gasteiger partial charge in [0, 0.05) is 28.6 Å². The van der Waals surface area contributed by atoms with Crippen LogP contribution in [0.2, 0.25) is 0 Å². The molecule has 0 radical (unpaired) electrons. The minimum absolute atomic E-state index is 0.0826. The van der Waals surface area contributed by atoms with Gasteiger partial charge in [0.15, 0.2) is 5.13 Å². The molecule has 1 aromatic heterocycles. The zero-order valence-electron chi connectivity index (χ0n) is 15.0. The summed E-state index contributed by atoms with van der Waals surface area (Å²) in [5.74, 6) is -1.81. The lowest BCUT2D eigenvalue weighted by molar-refractivity contribution is -0.384. The van der Waals surface area contributed by atoms with Crippen molar-refractivity contribution in [3.05, 3.63) is 74.9 Å². The zero-order valence-corrected chi connectivity index (χ0v) is 15.9. The zero-order chi connectivity index (χ0) is 21.0.